The zero-order valence-corrected chi connectivity index (χ0v) is 15.2. The van der Waals surface area contributed by atoms with E-state index in [1.165, 1.54) is 12.3 Å². The zero-order chi connectivity index (χ0) is 19.0. The van der Waals surface area contributed by atoms with Gasteiger partial charge in [-0.2, -0.15) is 5.10 Å². The van der Waals surface area contributed by atoms with E-state index in [1.54, 1.807) is 4.90 Å². The number of carbonyl (C=O) groups is 1. The molecule has 1 aliphatic rings. The average molecular weight is 365 g/mol. The highest BCUT2D eigenvalue weighted by Gasteiger charge is 2.36. The molecule has 1 amide bonds. The maximum atomic E-state index is 13.5. The van der Waals surface area contributed by atoms with Crippen molar-refractivity contribution >= 4 is 5.91 Å². The van der Waals surface area contributed by atoms with Crippen LogP contribution in [0.15, 0.2) is 48.8 Å². The Morgan fingerprint density at radius 3 is 2.67 bits per heavy atom. The molecule has 6 nitrogen and oxygen atoms in total. The van der Waals surface area contributed by atoms with E-state index < -0.39 is 5.82 Å². The number of amides is 1. The number of rotatable bonds is 3. The third-order valence-electron chi connectivity index (χ3n) is 4.73. The second-order valence-corrected chi connectivity index (χ2v) is 6.96. The minimum atomic E-state index is -0.520. The van der Waals surface area contributed by atoms with Gasteiger partial charge in [0.25, 0.3) is 5.91 Å². The number of fused-ring (bicyclic) bond motifs is 1. The minimum Gasteiger partial charge on any atom is -0.326 e. The molecule has 0 saturated carbocycles. The fourth-order valence-corrected chi connectivity index (χ4v) is 3.51. The van der Waals surface area contributed by atoms with Crippen molar-refractivity contribution in [1.82, 2.24) is 24.6 Å². The van der Waals surface area contributed by atoms with Gasteiger partial charge in [0.1, 0.15) is 5.82 Å². The molecule has 0 bridgehead atoms. The van der Waals surface area contributed by atoms with Crippen molar-refractivity contribution in [2.75, 3.05) is 6.54 Å². The Balaban J connectivity index is 1.71. The van der Waals surface area contributed by atoms with Crippen molar-refractivity contribution in [2.45, 2.75) is 26.4 Å². The molecule has 138 valence electrons. The summed E-state index contributed by atoms with van der Waals surface area (Å²) in [7, 11) is 0. The SMILES string of the molecule is CC(C)[C@H]1c2nc(-c3ccccc3)nn2CCN1C(=O)c1cncc(F)c1. The summed E-state index contributed by atoms with van der Waals surface area (Å²) in [4.78, 5) is 23.3. The van der Waals surface area contributed by atoms with Crippen LogP contribution in [0, 0.1) is 11.7 Å². The highest BCUT2D eigenvalue weighted by molar-refractivity contribution is 5.94. The number of hydrogen-bond donors (Lipinski definition) is 0. The van der Waals surface area contributed by atoms with Gasteiger partial charge in [0.15, 0.2) is 11.6 Å². The van der Waals surface area contributed by atoms with Crippen LogP contribution < -0.4 is 0 Å². The van der Waals surface area contributed by atoms with Gasteiger partial charge in [0.05, 0.1) is 24.3 Å². The number of benzene rings is 1. The summed E-state index contributed by atoms with van der Waals surface area (Å²) in [6.07, 6.45) is 2.49. The van der Waals surface area contributed by atoms with Crippen LogP contribution >= 0.6 is 0 Å². The Bertz CT molecular complexity index is 970. The van der Waals surface area contributed by atoms with Crippen LogP contribution in [0.2, 0.25) is 0 Å². The van der Waals surface area contributed by atoms with Gasteiger partial charge in [-0.25, -0.2) is 14.1 Å². The lowest BCUT2D eigenvalue weighted by atomic mass is 9.99. The molecule has 7 heteroatoms. The predicted octanol–water partition coefficient (Wildman–Crippen LogP) is 3.33. The Morgan fingerprint density at radius 2 is 1.96 bits per heavy atom. The van der Waals surface area contributed by atoms with Crippen LogP contribution in [0.25, 0.3) is 11.4 Å². The second kappa shape index (κ2) is 6.90. The van der Waals surface area contributed by atoms with E-state index in [0.717, 1.165) is 17.6 Å². The molecule has 1 aromatic carbocycles. The van der Waals surface area contributed by atoms with Crippen molar-refractivity contribution in [3.63, 3.8) is 0 Å². The summed E-state index contributed by atoms with van der Waals surface area (Å²) < 4.78 is 15.4. The van der Waals surface area contributed by atoms with E-state index in [4.69, 9.17) is 4.98 Å². The van der Waals surface area contributed by atoms with E-state index >= 15 is 0 Å². The maximum Gasteiger partial charge on any atom is 0.256 e. The number of hydrogen-bond acceptors (Lipinski definition) is 4. The molecule has 0 unspecified atom stereocenters. The van der Waals surface area contributed by atoms with Crippen molar-refractivity contribution in [1.29, 1.82) is 0 Å². The van der Waals surface area contributed by atoms with Gasteiger partial charge >= 0.3 is 0 Å². The fraction of sp³-hybridized carbons (Fsp3) is 0.300. The summed E-state index contributed by atoms with van der Waals surface area (Å²) in [6.45, 7) is 5.12. The third kappa shape index (κ3) is 3.20. The lowest BCUT2D eigenvalue weighted by Crippen LogP contribution is -2.44. The lowest BCUT2D eigenvalue weighted by Gasteiger charge is -2.37. The molecule has 3 heterocycles. The molecule has 1 atom stereocenters. The van der Waals surface area contributed by atoms with Gasteiger partial charge in [0.2, 0.25) is 0 Å². The van der Waals surface area contributed by atoms with Crippen LogP contribution in [0.3, 0.4) is 0 Å². The lowest BCUT2D eigenvalue weighted by molar-refractivity contribution is 0.0536. The van der Waals surface area contributed by atoms with E-state index in [1.807, 2.05) is 48.9 Å². The molecule has 2 aromatic heterocycles. The summed E-state index contributed by atoms with van der Waals surface area (Å²) in [5.41, 5.74) is 1.19. The molecule has 0 fully saturated rings. The molecule has 0 radical (unpaired) electrons. The number of carbonyl (C=O) groups excluding carboxylic acids is 1. The maximum absolute atomic E-state index is 13.5. The minimum absolute atomic E-state index is 0.127. The highest BCUT2D eigenvalue weighted by Crippen LogP contribution is 2.33. The molecule has 0 aliphatic carbocycles. The monoisotopic (exact) mass is 365 g/mol. The van der Waals surface area contributed by atoms with Crippen molar-refractivity contribution in [3.8, 4) is 11.4 Å². The second-order valence-electron chi connectivity index (χ2n) is 6.96. The van der Waals surface area contributed by atoms with Gasteiger partial charge in [-0.1, -0.05) is 44.2 Å². The van der Waals surface area contributed by atoms with E-state index in [-0.39, 0.29) is 23.4 Å². The topological polar surface area (TPSA) is 63.9 Å². The normalized spacial score (nSPS) is 16.4. The summed E-state index contributed by atoms with van der Waals surface area (Å²) in [6, 6.07) is 10.8. The molecule has 1 aliphatic heterocycles. The van der Waals surface area contributed by atoms with Gasteiger partial charge < -0.3 is 4.90 Å². The Hall–Kier alpha value is -3.09. The summed E-state index contributed by atoms with van der Waals surface area (Å²) in [5, 5.41) is 4.63. The molecular formula is C20H20FN5O. The Labute approximate surface area is 156 Å². The molecule has 4 rings (SSSR count). The summed E-state index contributed by atoms with van der Waals surface area (Å²) >= 11 is 0. The standard InChI is InChI=1S/C20H20FN5O/c1-13(2)17-19-23-18(14-6-4-3-5-7-14)24-26(19)9-8-25(17)20(27)15-10-16(21)12-22-11-15/h3-7,10-13,17H,8-9H2,1-2H3/t17-/m0/s1. The number of aromatic nitrogens is 4. The fourth-order valence-electron chi connectivity index (χ4n) is 3.51. The molecule has 0 saturated heterocycles. The largest absolute Gasteiger partial charge is 0.326 e. The number of nitrogens with zero attached hydrogens (tertiary/aromatic N) is 5. The highest BCUT2D eigenvalue weighted by atomic mass is 19.1. The van der Waals surface area contributed by atoms with Crippen LogP contribution in [-0.2, 0) is 6.54 Å². The first-order valence-corrected chi connectivity index (χ1v) is 8.96. The van der Waals surface area contributed by atoms with Crippen LogP contribution in [0.5, 0.6) is 0 Å². The van der Waals surface area contributed by atoms with Crippen LogP contribution in [-0.4, -0.2) is 37.1 Å². The van der Waals surface area contributed by atoms with Gasteiger partial charge in [-0.15, -0.1) is 0 Å². The van der Waals surface area contributed by atoms with Crippen LogP contribution in [0.1, 0.15) is 36.1 Å². The van der Waals surface area contributed by atoms with Crippen LogP contribution in [0.4, 0.5) is 4.39 Å². The van der Waals surface area contributed by atoms with Gasteiger partial charge in [-0.3, -0.25) is 9.78 Å². The van der Waals surface area contributed by atoms with E-state index in [0.29, 0.717) is 18.9 Å². The van der Waals surface area contributed by atoms with Gasteiger partial charge in [-0.05, 0) is 12.0 Å². The summed E-state index contributed by atoms with van der Waals surface area (Å²) in [5.74, 6) is 0.776. The van der Waals surface area contributed by atoms with Crippen molar-refractivity contribution in [3.05, 3.63) is 66.0 Å². The van der Waals surface area contributed by atoms with E-state index in [2.05, 4.69) is 10.1 Å². The Morgan fingerprint density at radius 1 is 1.19 bits per heavy atom. The number of pyridine rings is 1. The average Bonchev–Trinajstić information content (AvgIpc) is 3.11. The Kier molecular flexibility index (Phi) is 4.43. The molecule has 0 N–H and O–H groups in total. The zero-order valence-electron chi connectivity index (χ0n) is 15.2. The van der Waals surface area contributed by atoms with Gasteiger partial charge in [0, 0.05) is 18.3 Å². The smallest absolute Gasteiger partial charge is 0.256 e. The number of halogens is 1. The first kappa shape index (κ1) is 17.3. The molecule has 0 spiro atoms. The predicted molar refractivity (Wildman–Crippen MR) is 98.3 cm³/mol. The first-order valence-electron chi connectivity index (χ1n) is 8.96. The molecule has 27 heavy (non-hydrogen) atoms. The quantitative estimate of drug-likeness (QED) is 0.714. The third-order valence-corrected chi connectivity index (χ3v) is 4.73. The molecular weight excluding hydrogens is 345 g/mol. The first-order chi connectivity index (χ1) is 13.0. The van der Waals surface area contributed by atoms with Crippen molar-refractivity contribution in [2.24, 2.45) is 5.92 Å². The van der Waals surface area contributed by atoms with Crippen molar-refractivity contribution < 1.29 is 9.18 Å². The van der Waals surface area contributed by atoms with E-state index in [9.17, 15) is 9.18 Å². The molecule has 3 aromatic rings.